The first-order valence-corrected chi connectivity index (χ1v) is 9.09. The number of nitrogens with one attached hydrogen (secondary N) is 1. The van der Waals surface area contributed by atoms with E-state index in [-0.39, 0.29) is 0 Å². The molecule has 0 aliphatic carbocycles. The third kappa shape index (κ3) is 3.20. The topological polar surface area (TPSA) is 58.9 Å². The normalized spacial score (nSPS) is 17.5. The van der Waals surface area contributed by atoms with Crippen LogP contribution in [-0.4, -0.2) is 38.0 Å². The van der Waals surface area contributed by atoms with Crippen LogP contribution in [0.1, 0.15) is 36.0 Å². The van der Waals surface area contributed by atoms with E-state index in [9.17, 15) is 0 Å². The molecular formula is C20H24N6. The number of nitrogens with zero attached hydrogens (tertiary/aromatic N) is 5. The molecule has 26 heavy (non-hydrogen) atoms. The van der Waals surface area contributed by atoms with Crippen molar-refractivity contribution in [3.05, 3.63) is 66.0 Å². The zero-order valence-electron chi connectivity index (χ0n) is 15.3. The van der Waals surface area contributed by atoms with Crippen molar-refractivity contribution in [2.24, 2.45) is 0 Å². The molecule has 0 bridgehead atoms. The number of anilines is 1. The maximum absolute atomic E-state index is 4.94. The number of aryl methyl sites for hydroxylation is 1. The second kappa shape index (κ2) is 7.25. The quantitative estimate of drug-likeness (QED) is 0.766. The van der Waals surface area contributed by atoms with Gasteiger partial charge >= 0.3 is 0 Å². The average Bonchev–Trinajstić information content (AvgIpc) is 3.31. The molecule has 6 heteroatoms. The van der Waals surface area contributed by atoms with E-state index in [0.717, 1.165) is 42.7 Å². The number of imidazole rings is 1. The van der Waals surface area contributed by atoms with Gasteiger partial charge in [0.05, 0.1) is 11.7 Å². The second-order valence-corrected chi connectivity index (χ2v) is 6.65. The molecule has 1 aliphatic rings. The van der Waals surface area contributed by atoms with E-state index >= 15 is 0 Å². The van der Waals surface area contributed by atoms with Gasteiger partial charge in [-0.2, -0.15) is 0 Å². The van der Waals surface area contributed by atoms with Gasteiger partial charge in [-0.1, -0.05) is 12.1 Å². The van der Waals surface area contributed by atoms with Crippen molar-refractivity contribution in [1.82, 2.24) is 24.4 Å². The van der Waals surface area contributed by atoms with E-state index in [1.807, 2.05) is 49.3 Å². The van der Waals surface area contributed by atoms with Crippen LogP contribution in [0.4, 0.5) is 5.82 Å². The lowest BCUT2D eigenvalue weighted by molar-refractivity contribution is 0.244. The van der Waals surface area contributed by atoms with E-state index in [1.165, 1.54) is 12.0 Å². The predicted molar refractivity (Wildman–Crippen MR) is 102 cm³/mol. The van der Waals surface area contributed by atoms with Gasteiger partial charge in [0, 0.05) is 37.7 Å². The minimum atomic E-state index is 0.337. The average molecular weight is 348 g/mol. The molecule has 0 amide bonds. The number of likely N-dealkylation sites (tertiary alicyclic amines) is 1. The molecule has 1 aliphatic heterocycles. The third-order valence-electron chi connectivity index (χ3n) is 5.04. The molecule has 0 radical (unpaired) electrons. The summed E-state index contributed by atoms with van der Waals surface area (Å²) in [4.78, 5) is 16.2. The maximum Gasteiger partial charge on any atom is 0.138 e. The zero-order valence-corrected chi connectivity index (χ0v) is 15.3. The number of hydrogen-bond donors (Lipinski definition) is 1. The molecular weight excluding hydrogens is 324 g/mol. The molecule has 0 saturated carbocycles. The Balaban J connectivity index is 1.60. The van der Waals surface area contributed by atoms with Crippen LogP contribution < -0.4 is 5.32 Å². The Bertz CT molecular complexity index is 887. The van der Waals surface area contributed by atoms with Crippen LogP contribution in [0.5, 0.6) is 0 Å². The minimum absolute atomic E-state index is 0.337. The molecule has 6 nitrogen and oxygen atoms in total. The number of aromatic nitrogens is 4. The van der Waals surface area contributed by atoms with Crippen molar-refractivity contribution in [2.75, 3.05) is 18.9 Å². The van der Waals surface area contributed by atoms with Crippen molar-refractivity contribution in [1.29, 1.82) is 0 Å². The fraction of sp³-hybridized carbons (Fsp3) is 0.350. The molecule has 0 aromatic carbocycles. The summed E-state index contributed by atoms with van der Waals surface area (Å²) in [6, 6.07) is 10.8. The van der Waals surface area contributed by atoms with Gasteiger partial charge in [-0.25, -0.2) is 15.0 Å². The highest BCUT2D eigenvalue weighted by atomic mass is 15.2. The summed E-state index contributed by atoms with van der Waals surface area (Å²) < 4.78 is 2.03. The summed E-state index contributed by atoms with van der Waals surface area (Å²) in [6.07, 6.45) is 7.93. The first-order valence-electron chi connectivity index (χ1n) is 9.09. The van der Waals surface area contributed by atoms with Crippen LogP contribution in [-0.2, 0) is 6.54 Å². The van der Waals surface area contributed by atoms with Crippen molar-refractivity contribution >= 4 is 5.82 Å². The number of hydrogen-bond acceptors (Lipinski definition) is 5. The Morgan fingerprint density at radius 3 is 2.88 bits per heavy atom. The Kier molecular flexibility index (Phi) is 4.67. The molecule has 134 valence electrons. The van der Waals surface area contributed by atoms with Crippen LogP contribution >= 0.6 is 0 Å². The number of pyridine rings is 2. The number of rotatable bonds is 5. The molecule has 1 N–H and O–H groups in total. The molecule has 0 spiro atoms. The van der Waals surface area contributed by atoms with Crippen LogP contribution in [0.15, 0.2) is 48.9 Å². The van der Waals surface area contributed by atoms with Crippen molar-refractivity contribution in [2.45, 2.75) is 32.4 Å². The highest BCUT2D eigenvalue weighted by Gasteiger charge is 2.28. The first-order chi connectivity index (χ1) is 12.8. The fourth-order valence-corrected chi connectivity index (χ4v) is 3.74. The highest BCUT2D eigenvalue weighted by Crippen LogP contribution is 2.33. The summed E-state index contributed by atoms with van der Waals surface area (Å²) >= 11 is 0. The summed E-state index contributed by atoms with van der Waals surface area (Å²) in [7, 11) is 1.92. The standard InChI is InChI=1S/C20H24N6/c1-15-22-11-13-26(15)19-9-3-7-17(24-19)18-8-5-12-25(18)14-16-6-4-10-23-20(16)21-2/h3-4,6-7,9-11,13,18H,5,8,12,14H2,1-2H3,(H,21,23)/t18-/m0/s1. The smallest absolute Gasteiger partial charge is 0.138 e. The summed E-state index contributed by atoms with van der Waals surface area (Å²) in [5, 5.41) is 3.19. The zero-order chi connectivity index (χ0) is 17.9. The summed E-state index contributed by atoms with van der Waals surface area (Å²) in [5.74, 6) is 2.84. The molecule has 3 aromatic rings. The van der Waals surface area contributed by atoms with Crippen molar-refractivity contribution in [3.8, 4) is 5.82 Å². The molecule has 1 atom stereocenters. The lowest BCUT2D eigenvalue weighted by Gasteiger charge is -2.25. The lowest BCUT2D eigenvalue weighted by Crippen LogP contribution is -2.24. The Hall–Kier alpha value is -2.73. The molecule has 3 aromatic heterocycles. The predicted octanol–water partition coefficient (Wildman–Crippen LogP) is 3.35. The van der Waals surface area contributed by atoms with Gasteiger partial charge in [0.25, 0.3) is 0 Å². The van der Waals surface area contributed by atoms with Crippen LogP contribution in [0.3, 0.4) is 0 Å². The van der Waals surface area contributed by atoms with Gasteiger partial charge in [-0.05, 0) is 44.5 Å². The molecule has 4 rings (SSSR count). The van der Waals surface area contributed by atoms with E-state index in [1.54, 1.807) is 0 Å². The Morgan fingerprint density at radius 1 is 1.15 bits per heavy atom. The van der Waals surface area contributed by atoms with E-state index in [0.29, 0.717) is 6.04 Å². The van der Waals surface area contributed by atoms with Gasteiger partial charge in [-0.15, -0.1) is 0 Å². The summed E-state index contributed by atoms with van der Waals surface area (Å²) in [6.45, 7) is 3.96. The monoisotopic (exact) mass is 348 g/mol. The minimum Gasteiger partial charge on any atom is -0.373 e. The molecule has 1 fully saturated rings. The SMILES string of the molecule is CNc1ncccc1CN1CCC[C@H]1c1cccc(-n2ccnc2C)n1. The van der Waals surface area contributed by atoms with Gasteiger partial charge in [0.1, 0.15) is 17.5 Å². The van der Waals surface area contributed by atoms with Gasteiger partial charge < -0.3 is 5.32 Å². The third-order valence-corrected chi connectivity index (χ3v) is 5.04. The Morgan fingerprint density at radius 2 is 2.08 bits per heavy atom. The Labute approximate surface area is 153 Å². The maximum atomic E-state index is 4.94. The lowest BCUT2D eigenvalue weighted by atomic mass is 10.1. The fourth-order valence-electron chi connectivity index (χ4n) is 3.74. The highest BCUT2D eigenvalue weighted by molar-refractivity contribution is 5.43. The van der Waals surface area contributed by atoms with Crippen LogP contribution in [0.25, 0.3) is 5.82 Å². The first kappa shape index (κ1) is 16.7. The summed E-state index contributed by atoms with van der Waals surface area (Å²) in [5.41, 5.74) is 2.35. The van der Waals surface area contributed by atoms with Gasteiger partial charge in [0.2, 0.25) is 0 Å². The van der Waals surface area contributed by atoms with Gasteiger partial charge in [0.15, 0.2) is 0 Å². The van der Waals surface area contributed by atoms with Crippen molar-refractivity contribution < 1.29 is 0 Å². The van der Waals surface area contributed by atoms with Crippen LogP contribution in [0.2, 0.25) is 0 Å². The van der Waals surface area contributed by atoms with Gasteiger partial charge in [-0.3, -0.25) is 9.47 Å². The molecule has 0 unspecified atom stereocenters. The van der Waals surface area contributed by atoms with E-state index in [2.05, 4.69) is 38.4 Å². The van der Waals surface area contributed by atoms with Crippen molar-refractivity contribution in [3.63, 3.8) is 0 Å². The second-order valence-electron chi connectivity index (χ2n) is 6.65. The van der Waals surface area contributed by atoms with E-state index in [4.69, 9.17) is 4.98 Å². The molecule has 4 heterocycles. The molecule has 1 saturated heterocycles. The van der Waals surface area contributed by atoms with E-state index < -0.39 is 0 Å². The van der Waals surface area contributed by atoms with Crippen LogP contribution in [0, 0.1) is 6.92 Å². The largest absolute Gasteiger partial charge is 0.373 e.